The molecule has 0 fully saturated rings. The monoisotopic (exact) mass is 216 g/mol. The van der Waals surface area contributed by atoms with Gasteiger partial charge < -0.3 is 5.32 Å². The SMILES string of the molecule is C#CC(C)(C)Nc1ccc(C(C)(C)C)cn1. The number of hydrogen-bond donors (Lipinski definition) is 1. The largest absolute Gasteiger partial charge is 0.354 e. The zero-order valence-electron chi connectivity index (χ0n) is 10.8. The van der Waals surface area contributed by atoms with Crippen LogP contribution in [0.3, 0.4) is 0 Å². The molecule has 0 aliphatic carbocycles. The lowest BCUT2D eigenvalue weighted by molar-refractivity contribution is 0.587. The molecule has 0 aliphatic rings. The lowest BCUT2D eigenvalue weighted by Crippen LogP contribution is -2.29. The summed E-state index contributed by atoms with van der Waals surface area (Å²) in [4.78, 5) is 4.37. The molecule has 0 aromatic carbocycles. The predicted molar refractivity (Wildman–Crippen MR) is 69.5 cm³/mol. The van der Waals surface area contributed by atoms with Crippen LogP contribution in [0.1, 0.15) is 40.2 Å². The lowest BCUT2D eigenvalue weighted by Gasteiger charge is -2.22. The van der Waals surface area contributed by atoms with Crippen molar-refractivity contribution in [2.75, 3.05) is 5.32 Å². The molecule has 0 atom stereocenters. The highest BCUT2D eigenvalue weighted by Crippen LogP contribution is 2.22. The van der Waals surface area contributed by atoms with Crippen LogP contribution in [-0.2, 0) is 5.41 Å². The Morgan fingerprint density at radius 2 is 1.81 bits per heavy atom. The van der Waals surface area contributed by atoms with Gasteiger partial charge in [0.05, 0.1) is 5.54 Å². The van der Waals surface area contributed by atoms with Gasteiger partial charge >= 0.3 is 0 Å². The van der Waals surface area contributed by atoms with Crippen LogP contribution in [0.5, 0.6) is 0 Å². The molecule has 1 rings (SSSR count). The Kier molecular flexibility index (Phi) is 3.28. The Hall–Kier alpha value is -1.49. The molecule has 0 amide bonds. The molecule has 1 heterocycles. The van der Waals surface area contributed by atoms with Crippen molar-refractivity contribution in [3.05, 3.63) is 23.9 Å². The molecule has 0 saturated carbocycles. The second-order valence-corrected chi connectivity index (χ2v) is 5.58. The summed E-state index contributed by atoms with van der Waals surface area (Å²) in [6, 6.07) is 4.06. The van der Waals surface area contributed by atoms with Crippen LogP contribution in [0.15, 0.2) is 18.3 Å². The molecule has 0 spiro atoms. The van der Waals surface area contributed by atoms with Crippen LogP contribution in [0.4, 0.5) is 5.82 Å². The number of anilines is 1. The van der Waals surface area contributed by atoms with E-state index in [0.717, 1.165) is 5.82 Å². The number of hydrogen-bond acceptors (Lipinski definition) is 2. The number of terminal acetylenes is 1. The van der Waals surface area contributed by atoms with Gasteiger partial charge in [0.15, 0.2) is 0 Å². The van der Waals surface area contributed by atoms with Gasteiger partial charge in [-0.2, -0.15) is 0 Å². The van der Waals surface area contributed by atoms with E-state index >= 15 is 0 Å². The zero-order chi connectivity index (χ0) is 12.4. The normalized spacial score (nSPS) is 12.0. The second-order valence-electron chi connectivity index (χ2n) is 5.58. The predicted octanol–water partition coefficient (Wildman–Crippen LogP) is 3.20. The molecule has 0 saturated heterocycles. The van der Waals surface area contributed by atoms with E-state index in [1.165, 1.54) is 5.56 Å². The Morgan fingerprint density at radius 3 is 2.19 bits per heavy atom. The highest BCUT2D eigenvalue weighted by molar-refractivity contribution is 5.42. The quantitative estimate of drug-likeness (QED) is 0.768. The summed E-state index contributed by atoms with van der Waals surface area (Å²) in [5.41, 5.74) is 0.986. The molecule has 1 aromatic heterocycles. The van der Waals surface area contributed by atoms with Crippen LogP contribution >= 0.6 is 0 Å². The van der Waals surface area contributed by atoms with Gasteiger partial charge in [-0.15, -0.1) is 6.42 Å². The van der Waals surface area contributed by atoms with E-state index in [1.54, 1.807) is 0 Å². The fourth-order valence-electron chi connectivity index (χ4n) is 1.27. The first-order valence-electron chi connectivity index (χ1n) is 5.47. The molecule has 86 valence electrons. The number of nitrogens with zero attached hydrogens (tertiary/aromatic N) is 1. The van der Waals surface area contributed by atoms with Crippen molar-refractivity contribution < 1.29 is 0 Å². The molecule has 2 nitrogen and oxygen atoms in total. The summed E-state index contributed by atoms with van der Waals surface area (Å²) in [5, 5.41) is 3.20. The fraction of sp³-hybridized carbons (Fsp3) is 0.500. The topological polar surface area (TPSA) is 24.9 Å². The third kappa shape index (κ3) is 3.27. The Bertz CT molecular complexity index is 388. The molecule has 0 aliphatic heterocycles. The smallest absolute Gasteiger partial charge is 0.127 e. The number of rotatable bonds is 2. The van der Waals surface area contributed by atoms with Gasteiger partial charge in [0.2, 0.25) is 0 Å². The van der Waals surface area contributed by atoms with Crippen molar-refractivity contribution in [2.24, 2.45) is 0 Å². The van der Waals surface area contributed by atoms with Crippen molar-refractivity contribution >= 4 is 5.82 Å². The van der Waals surface area contributed by atoms with Crippen LogP contribution < -0.4 is 5.32 Å². The van der Waals surface area contributed by atoms with E-state index in [2.05, 4.69) is 43.1 Å². The number of pyridine rings is 1. The van der Waals surface area contributed by atoms with Gasteiger partial charge in [-0.3, -0.25) is 0 Å². The molecule has 0 unspecified atom stereocenters. The molecular weight excluding hydrogens is 196 g/mol. The third-order valence-corrected chi connectivity index (χ3v) is 2.43. The first-order valence-corrected chi connectivity index (χ1v) is 5.47. The molecule has 1 aromatic rings. The van der Waals surface area contributed by atoms with E-state index in [-0.39, 0.29) is 11.0 Å². The van der Waals surface area contributed by atoms with E-state index in [0.29, 0.717) is 0 Å². The summed E-state index contributed by atoms with van der Waals surface area (Å²) >= 11 is 0. The standard InChI is InChI=1S/C14H20N2/c1-7-14(5,6)16-12-9-8-11(10-15-12)13(2,3)4/h1,8-10H,2-6H3,(H,15,16). The van der Waals surface area contributed by atoms with E-state index in [4.69, 9.17) is 6.42 Å². The van der Waals surface area contributed by atoms with Crippen LogP contribution in [0.25, 0.3) is 0 Å². The minimum atomic E-state index is -0.365. The average Bonchev–Trinajstić information content (AvgIpc) is 2.16. The minimum absolute atomic E-state index is 0.132. The van der Waals surface area contributed by atoms with Crippen LogP contribution in [-0.4, -0.2) is 10.5 Å². The van der Waals surface area contributed by atoms with Crippen molar-refractivity contribution in [3.8, 4) is 12.3 Å². The first-order chi connectivity index (χ1) is 7.24. The summed E-state index contributed by atoms with van der Waals surface area (Å²) < 4.78 is 0. The van der Waals surface area contributed by atoms with Gasteiger partial charge in [0.25, 0.3) is 0 Å². The summed E-state index contributed by atoms with van der Waals surface area (Å²) in [7, 11) is 0. The Labute approximate surface area is 98.5 Å². The highest BCUT2D eigenvalue weighted by atomic mass is 15.0. The molecular formula is C14H20N2. The van der Waals surface area contributed by atoms with E-state index in [1.807, 2.05) is 26.1 Å². The van der Waals surface area contributed by atoms with E-state index in [9.17, 15) is 0 Å². The van der Waals surface area contributed by atoms with Gasteiger partial charge in [0, 0.05) is 6.20 Å². The lowest BCUT2D eigenvalue weighted by atomic mass is 9.88. The molecule has 0 radical (unpaired) electrons. The van der Waals surface area contributed by atoms with E-state index < -0.39 is 0 Å². The summed E-state index contributed by atoms with van der Waals surface area (Å²) in [5.74, 6) is 3.50. The zero-order valence-corrected chi connectivity index (χ0v) is 10.8. The molecule has 0 bridgehead atoms. The number of nitrogens with one attached hydrogen (secondary N) is 1. The van der Waals surface area contributed by atoms with Crippen molar-refractivity contribution in [3.63, 3.8) is 0 Å². The summed E-state index contributed by atoms with van der Waals surface area (Å²) in [6.07, 6.45) is 7.31. The van der Waals surface area contributed by atoms with Crippen molar-refractivity contribution in [1.29, 1.82) is 0 Å². The van der Waals surface area contributed by atoms with Crippen LogP contribution in [0, 0.1) is 12.3 Å². The first kappa shape index (κ1) is 12.6. The van der Waals surface area contributed by atoms with Gasteiger partial charge in [-0.05, 0) is 30.9 Å². The minimum Gasteiger partial charge on any atom is -0.354 e. The van der Waals surface area contributed by atoms with Gasteiger partial charge in [0.1, 0.15) is 5.82 Å². The fourth-order valence-corrected chi connectivity index (χ4v) is 1.27. The van der Waals surface area contributed by atoms with Gasteiger partial charge in [-0.1, -0.05) is 32.8 Å². The Morgan fingerprint density at radius 1 is 1.19 bits per heavy atom. The maximum absolute atomic E-state index is 5.41. The second kappa shape index (κ2) is 4.17. The average molecular weight is 216 g/mol. The molecule has 16 heavy (non-hydrogen) atoms. The Balaban J connectivity index is 2.85. The third-order valence-electron chi connectivity index (χ3n) is 2.43. The maximum Gasteiger partial charge on any atom is 0.127 e. The van der Waals surface area contributed by atoms with Crippen LogP contribution in [0.2, 0.25) is 0 Å². The van der Waals surface area contributed by atoms with Crippen molar-refractivity contribution in [2.45, 2.75) is 45.6 Å². The summed E-state index contributed by atoms with van der Waals surface area (Å²) in [6.45, 7) is 10.4. The molecule has 2 heteroatoms. The maximum atomic E-state index is 5.41. The highest BCUT2D eigenvalue weighted by Gasteiger charge is 2.16. The number of aromatic nitrogens is 1. The van der Waals surface area contributed by atoms with Crippen molar-refractivity contribution in [1.82, 2.24) is 4.98 Å². The molecule has 1 N–H and O–H groups in total. The van der Waals surface area contributed by atoms with Gasteiger partial charge in [-0.25, -0.2) is 4.98 Å².